The van der Waals surface area contributed by atoms with Gasteiger partial charge in [-0.25, -0.2) is 0 Å². The van der Waals surface area contributed by atoms with Crippen molar-refractivity contribution in [1.29, 1.82) is 0 Å². The van der Waals surface area contributed by atoms with Crippen molar-refractivity contribution in [2.24, 2.45) is 0 Å². The number of hydrogen-bond acceptors (Lipinski definition) is 3. The van der Waals surface area contributed by atoms with Gasteiger partial charge in [-0.05, 0) is 35.7 Å². The first-order chi connectivity index (χ1) is 16.6. The Morgan fingerprint density at radius 2 is 1.59 bits per heavy atom. The molecule has 0 saturated carbocycles. The molecule has 3 aromatic rings. The van der Waals surface area contributed by atoms with Crippen LogP contribution in [0, 0.1) is 0 Å². The van der Waals surface area contributed by atoms with Gasteiger partial charge >= 0.3 is 0 Å². The molecular formula is C28H31ClN2O2S. The van der Waals surface area contributed by atoms with E-state index in [1.807, 2.05) is 84.9 Å². The zero-order valence-electron chi connectivity index (χ0n) is 19.5. The number of nitrogens with zero attached hydrogens (tertiary/aromatic N) is 1. The highest BCUT2D eigenvalue weighted by Crippen LogP contribution is 2.23. The molecule has 3 rings (SSSR count). The molecule has 6 heteroatoms. The zero-order valence-corrected chi connectivity index (χ0v) is 21.0. The molecule has 0 unspecified atom stereocenters. The van der Waals surface area contributed by atoms with E-state index in [-0.39, 0.29) is 24.1 Å². The fourth-order valence-corrected chi connectivity index (χ4v) is 4.62. The summed E-state index contributed by atoms with van der Waals surface area (Å²) in [4.78, 5) is 29.7. The molecule has 1 N–H and O–H groups in total. The quantitative estimate of drug-likeness (QED) is 0.248. The van der Waals surface area contributed by atoms with Crippen LogP contribution in [0.4, 0.5) is 0 Å². The number of nitrogens with one attached hydrogen (secondary N) is 1. The highest BCUT2D eigenvalue weighted by atomic mass is 35.5. The van der Waals surface area contributed by atoms with Crippen LogP contribution in [0.25, 0.3) is 0 Å². The molecule has 0 heterocycles. The van der Waals surface area contributed by atoms with Crippen LogP contribution in [-0.2, 0) is 22.6 Å². The van der Waals surface area contributed by atoms with E-state index in [2.05, 4.69) is 12.2 Å². The normalized spacial score (nSPS) is 11.6. The number of carbonyl (C=O) groups is 2. The number of amides is 2. The molecular weight excluding hydrogens is 464 g/mol. The van der Waals surface area contributed by atoms with Crippen LogP contribution in [0.15, 0.2) is 89.8 Å². The molecule has 0 spiro atoms. The van der Waals surface area contributed by atoms with E-state index in [1.54, 1.807) is 4.90 Å². The molecule has 0 bridgehead atoms. The topological polar surface area (TPSA) is 49.4 Å². The molecule has 0 saturated heterocycles. The Balaban J connectivity index is 1.89. The summed E-state index contributed by atoms with van der Waals surface area (Å²) in [5, 5.41) is 3.62. The molecule has 0 aliphatic rings. The van der Waals surface area contributed by atoms with Crippen LogP contribution in [0.5, 0.6) is 0 Å². The van der Waals surface area contributed by atoms with E-state index < -0.39 is 6.04 Å². The molecule has 0 fully saturated rings. The lowest BCUT2D eigenvalue weighted by molar-refractivity contribution is -0.139. The van der Waals surface area contributed by atoms with Crippen LogP contribution >= 0.6 is 23.4 Å². The highest BCUT2D eigenvalue weighted by Gasteiger charge is 2.30. The van der Waals surface area contributed by atoms with Gasteiger partial charge in [-0.1, -0.05) is 91.7 Å². The minimum Gasteiger partial charge on any atom is -0.354 e. The monoisotopic (exact) mass is 494 g/mol. The molecule has 0 aliphatic carbocycles. The molecule has 178 valence electrons. The summed E-state index contributed by atoms with van der Waals surface area (Å²) >= 11 is 7.92. The molecule has 0 aromatic heterocycles. The van der Waals surface area contributed by atoms with E-state index in [4.69, 9.17) is 11.6 Å². The van der Waals surface area contributed by atoms with Gasteiger partial charge in [0.15, 0.2) is 0 Å². The Kier molecular flexibility index (Phi) is 10.5. The van der Waals surface area contributed by atoms with Crippen molar-refractivity contribution >= 4 is 35.2 Å². The predicted molar refractivity (Wildman–Crippen MR) is 141 cm³/mol. The van der Waals surface area contributed by atoms with Gasteiger partial charge in [0.25, 0.3) is 0 Å². The van der Waals surface area contributed by atoms with Crippen molar-refractivity contribution < 1.29 is 9.59 Å². The summed E-state index contributed by atoms with van der Waals surface area (Å²) in [6, 6.07) is 26.5. The zero-order chi connectivity index (χ0) is 24.2. The van der Waals surface area contributed by atoms with E-state index in [0.717, 1.165) is 28.9 Å². The van der Waals surface area contributed by atoms with Crippen LogP contribution in [0.2, 0.25) is 5.02 Å². The molecule has 1 atom stereocenters. The van der Waals surface area contributed by atoms with Gasteiger partial charge in [0, 0.05) is 29.4 Å². The summed E-state index contributed by atoms with van der Waals surface area (Å²) in [7, 11) is 0. The minimum absolute atomic E-state index is 0.0969. The van der Waals surface area contributed by atoms with Gasteiger partial charge in [-0.3, -0.25) is 9.59 Å². The number of benzene rings is 3. The lowest BCUT2D eigenvalue weighted by Gasteiger charge is -2.32. The lowest BCUT2D eigenvalue weighted by atomic mass is 10.0. The van der Waals surface area contributed by atoms with Crippen molar-refractivity contribution in [3.05, 3.63) is 101 Å². The van der Waals surface area contributed by atoms with Gasteiger partial charge in [0.05, 0.1) is 5.75 Å². The van der Waals surface area contributed by atoms with E-state index in [0.29, 0.717) is 18.0 Å². The fraction of sp³-hybridized carbons (Fsp3) is 0.286. The van der Waals surface area contributed by atoms with Crippen LogP contribution < -0.4 is 5.32 Å². The molecule has 34 heavy (non-hydrogen) atoms. The second-order valence-corrected chi connectivity index (χ2v) is 9.52. The highest BCUT2D eigenvalue weighted by molar-refractivity contribution is 8.00. The summed E-state index contributed by atoms with van der Waals surface area (Å²) in [6.45, 7) is 2.95. The van der Waals surface area contributed by atoms with Crippen LogP contribution in [-0.4, -0.2) is 35.1 Å². The van der Waals surface area contributed by atoms with Gasteiger partial charge in [0.2, 0.25) is 11.8 Å². The molecule has 2 amide bonds. The third kappa shape index (κ3) is 7.93. The summed E-state index contributed by atoms with van der Waals surface area (Å²) in [6.07, 6.45) is 2.32. The Morgan fingerprint density at radius 1 is 0.941 bits per heavy atom. The Morgan fingerprint density at radius 3 is 2.26 bits per heavy atom. The van der Waals surface area contributed by atoms with E-state index in [1.165, 1.54) is 11.8 Å². The largest absolute Gasteiger partial charge is 0.354 e. The van der Waals surface area contributed by atoms with Crippen LogP contribution in [0.1, 0.15) is 30.9 Å². The minimum atomic E-state index is -0.639. The van der Waals surface area contributed by atoms with Crippen LogP contribution in [0.3, 0.4) is 0 Å². The maximum atomic E-state index is 13.6. The first kappa shape index (κ1) is 25.9. The maximum Gasteiger partial charge on any atom is 0.243 e. The SMILES string of the molecule is CCCCNC(=O)[C@@H](Cc1ccccc1)N(Cc1ccccc1Cl)C(=O)CSc1ccccc1. The fourth-order valence-electron chi connectivity index (χ4n) is 3.61. The lowest BCUT2D eigenvalue weighted by Crippen LogP contribution is -2.51. The second-order valence-electron chi connectivity index (χ2n) is 8.06. The number of halogens is 1. The van der Waals surface area contributed by atoms with Crippen molar-refractivity contribution in [3.8, 4) is 0 Å². The molecule has 4 nitrogen and oxygen atoms in total. The third-order valence-corrected chi connectivity index (χ3v) is 6.87. The number of thioether (sulfide) groups is 1. The summed E-state index contributed by atoms with van der Waals surface area (Å²) in [5.41, 5.74) is 1.83. The number of hydrogen-bond donors (Lipinski definition) is 1. The maximum absolute atomic E-state index is 13.6. The Labute approximate surface area is 211 Å². The predicted octanol–water partition coefficient (Wildman–Crippen LogP) is 5.99. The summed E-state index contributed by atoms with van der Waals surface area (Å²) < 4.78 is 0. The first-order valence-electron chi connectivity index (χ1n) is 11.6. The molecule has 0 radical (unpaired) electrons. The van der Waals surface area contributed by atoms with Crippen molar-refractivity contribution in [1.82, 2.24) is 10.2 Å². The number of carbonyl (C=O) groups excluding carboxylic acids is 2. The van der Waals surface area contributed by atoms with Crippen molar-refractivity contribution in [2.45, 2.75) is 43.7 Å². The van der Waals surface area contributed by atoms with Gasteiger partial charge in [-0.15, -0.1) is 11.8 Å². The second kappa shape index (κ2) is 13.8. The average Bonchev–Trinajstić information content (AvgIpc) is 2.87. The standard InChI is InChI=1S/C28H31ClN2O2S/c1-2-3-18-30-28(33)26(19-22-12-6-4-7-13-22)31(20-23-14-10-11-17-25(23)29)27(32)21-34-24-15-8-5-9-16-24/h4-17,26H,2-3,18-21H2,1H3,(H,30,33)/t26-/m1/s1. The average molecular weight is 495 g/mol. The van der Waals surface area contributed by atoms with Crippen molar-refractivity contribution in [2.75, 3.05) is 12.3 Å². The number of rotatable bonds is 12. The summed E-state index contributed by atoms with van der Waals surface area (Å²) in [5.74, 6) is 0.00454. The smallest absolute Gasteiger partial charge is 0.243 e. The van der Waals surface area contributed by atoms with Gasteiger partial charge < -0.3 is 10.2 Å². The Hall–Kier alpha value is -2.76. The van der Waals surface area contributed by atoms with E-state index in [9.17, 15) is 9.59 Å². The number of unbranched alkanes of at least 4 members (excludes halogenated alkanes) is 1. The van der Waals surface area contributed by atoms with Gasteiger partial charge in [-0.2, -0.15) is 0 Å². The van der Waals surface area contributed by atoms with E-state index >= 15 is 0 Å². The Bertz CT molecular complexity index is 1050. The van der Waals surface area contributed by atoms with Gasteiger partial charge in [0.1, 0.15) is 6.04 Å². The third-order valence-electron chi connectivity index (χ3n) is 5.50. The van der Waals surface area contributed by atoms with Crippen molar-refractivity contribution in [3.63, 3.8) is 0 Å². The molecule has 3 aromatic carbocycles. The first-order valence-corrected chi connectivity index (χ1v) is 13.0. The molecule has 0 aliphatic heterocycles.